The Kier molecular flexibility index (Phi) is 3.90. The molecule has 2 N–H and O–H groups in total. The summed E-state index contributed by atoms with van der Waals surface area (Å²) >= 11 is 5.79. The average Bonchev–Trinajstić information content (AvgIpc) is 2.40. The van der Waals surface area contributed by atoms with Crippen molar-refractivity contribution in [2.45, 2.75) is 0 Å². The van der Waals surface area contributed by atoms with Crippen LogP contribution in [0.1, 0.15) is 15.9 Å². The summed E-state index contributed by atoms with van der Waals surface area (Å²) in [5.41, 5.74) is 4.89. The predicted octanol–water partition coefficient (Wildman–Crippen LogP) is 3.44. The first kappa shape index (κ1) is 14.3. The highest BCUT2D eigenvalue weighted by Crippen LogP contribution is 2.28. The molecule has 2 aromatic carbocycles. The van der Waals surface area contributed by atoms with Gasteiger partial charge in [0, 0.05) is 17.7 Å². The van der Waals surface area contributed by atoms with Crippen molar-refractivity contribution in [3.05, 3.63) is 58.1 Å². The number of rotatable bonds is 3. The van der Waals surface area contributed by atoms with Crippen molar-refractivity contribution in [2.24, 2.45) is 0 Å². The van der Waals surface area contributed by atoms with Crippen LogP contribution >= 0.6 is 11.6 Å². The van der Waals surface area contributed by atoms with E-state index < -0.39 is 23.0 Å². The number of ether oxygens (including phenoxy) is 1. The Morgan fingerprint density at radius 3 is 2.40 bits per heavy atom. The molecule has 104 valence electrons. The molecule has 0 unspecified atom stereocenters. The van der Waals surface area contributed by atoms with E-state index in [2.05, 4.69) is 0 Å². The standard InChI is InChI=1S/C14H10ClF2NO2/c1-20-7-5-10(16)12(11(17)6-7)14(19)8-3-2-4-9(15)13(8)18/h2-6H,18H2,1H3. The number of para-hydroxylation sites is 1. The number of nitrogen functional groups attached to an aromatic ring is 1. The summed E-state index contributed by atoms with van der Waals surface area (Å²) in [6.07, 6.45) is 0. The molecular weight excluding hydrogens is 288 g/mol. The number of nitrogens with two attached hydrogens (primary N) is 1. The molecular formula is C14H10ClF2NO2. The van der Waals surface area contributed by atoms with Crippen molar-refractivity contribution in [2.75, 3.05) is 12.8 Å². The highest BCUT2D eigenvalue weighted by molar-refractivity contribution is 6.34. The number of halogens is 3. The fourth-order valence-corrected chi connectivity index (χ4v) is 1.93. The first-order chi connectivity index (χ1) is 9.45. The van der Waals surface area contributed by atoms with E-state index in [4.69, 9.17) is 22.1 Å². The van der Waals surface area contributed by atoms with E-state index in [-0.39, 0.29) is 22.0 Å². The number of hydrogen-bond donors (Lipinski definition) is 1. The van der Waals surface area contributed by atoms with Gasteiger partial charge >= 0.3 is 0 Å². The van der Waals surface area contributed by atoms with Gasteiger partial charge in [0.25, 0.3) is 0 Å². The number of anilines is 1. The van der Waals surface area contributed by atoms with E-state index in [0.29, 0.717) is 0 Å². The summed E-state index contributed by atoms with van der Waals surface area (Å²) in [5.74, 6) is -2.93. The van der Waals surface area contributed by atoms with Crippen LogP contribution in [0.25, 0.3) is 0 Å². The minimum absolute atomic E-state index is 0.0179. The van der Waals surface area contributed by atoms with Gasteiger partial charge in [-0.3, -0.25) is 4.79 Å². The van der Waals surface area contributed by atoms with Gasteiger partial charge in [-0.25, -0.2) is 8.78 Å². The van der Waals surface area contributed by atoms with Gasteiger partial charge in [-0.2, -0.15) is 0 Å². The van der Waals surface area contributed by atoms with E-state index in [1.807, 2.05) is 0 Å². The van der Waals surface area contributed by atoms with Gasteiger partial charge in [-0.05, 0) is 12.1 Å². The van der Waals surface area contributed by atoms with Crippen molar-refractivity contribution in [1.82, 2.24) is 0 Å². The highest BCUT2D eigenvalue weighted by Gasteiger charge is 2.22. The Morgan fingerprint density at radius 1 is 1.25 bits per heavy atom. The quantitative estimate of drug-likeness (QED) is 0.697. The van der Waals surface area contributed by atoms with Crippen LogP contribution in [0.4, 0.5) is 14.5 Å². The summed E-state index contributed by atoms with van der Waals surface area (Å²) in [6, 6.07) is 6.17. The Hall–Kier alpha value is -2.14. The molecule has 2 aromatic rings. The molecule has 0 radical (unpaired) electrons. The average molecular weight is 298 g/mol. The lowest BCUT2D eigenvalue weighted by Gasteiger charge is -2.09. The lowest BCUT2D eigenvalue weighted by molar-refractivity contribution is 0.103. The van der Waals surface area contributed by atoms with Crippen molar-refractivity contribution >= 4 is 23.1 Å². The summed E-state index contributed by atoms with van der Waals surface area (Å²) in [7, 11) is 1.27. The van der Waals surface area contributed by atoms with Crippen molar-refractivity contribution in [3.63, 3.8) is 0 Å². The van der Waals surface area contributed by atoms with Crippen LogP contribution in [0.5, 0.6) is 5.75 Å². The molecule has 0 aliphatic carbocycles. The largest absolute Gasteiger partial charge is 0.497 e. The second-order valence-electron chi connectivity index (χ2n) is 4.00. The first-order valence-electron chi connectivity index (χ1n) is 5.57. The SMILES string of the molecule is COc1cc(F)c(C(=O)c2cccc(Cl)c2N)c(F)c1. The third-order valence-electron chi connectivity index (χ3n) is 2.78. The van der Waals surface area contributed by atoms with Crippen molar-refractivity contribution in [1.29, 1.82) is 0 Å². The molecule has 0 saturated carbocycles. The zero-order chi connectivity index (χ0) is 14.9. The zero-order valence-corrected chi connectivity index (χ0v) is 11.2. The molecule has 0 aliphatic heterocycles. The van der Waals surface area contributed by atoms with Crippen LogP contribution in [0.2, 0.25) is 5.02 Å². The zero-order valence-electron chi connectivity index (χ0n) is 10.4. The fraction of sp³-hybridized carbons (Fsp3) is 0.0714. The Bertz CT molecular complexity index is 666. The minimum atomic E-state index is -1.02. The minimum Gasteiger partial charge on any atom is -0.497 e. The van der Waals surface area contributed by atoms with E-state index in [0.717, 1.165) is 12.1 Å². The Balaban J connectivity index is 2.57. The van der Waals surface area contributed by atoms with Gasteiger partial charge in [0.15, 0.2) is 0 Å². The van der Waals surface area contributed by atoms with Gasteiger partial charge in [0.05, 0.1) is 23.4 Å². The summed E-state index contributed by atoms with van der Waals surface area (Å²) in [4.78, 5) is 12.2. The van der Waals surface area contributed by atoms with Crippen LogP contribution in [-0.4, -0.2) is 12.9 Å². The molecule has 0 fully saturated rings. The molecule has 0 aromatic heterocycles. The monoisotopic (exact) mass is 297 g/mol. The fourth-order valence-electron chi connectivity index (χ4n) is 1.75. The Labute approximate surface area is 118 Å². The number of hydrogen-bond acceptors (Lipinski definition) is 3. The van der Waals surface area contributed by atoms with E-state index in [1.54, 1.807) is 0 Å². The third kappa shape index (κ3) is 2.44. The van der Waals surface area contributed by atoms with Crippen LogP contribution < -0.4 is 10.5 Å². The maximum absolute atomic E-state index is 13.9. The van der Waals surface area contributed by atoms with Gasteiger partial charge in [-0.15, -0.1) is 0 Å². The lowest BCUT2D eigenvalue weighted by Crippen LogP contribution is -2.10. The van der Waals surface area contributed by atoms with Gasteiger partial charge < -0.3 is 10.5 Å². The summed E-state index contributed by atoms with van der Waals surface area (Å²) in [6.45, 7) is 0. The van der Waals surface area contributed by atoms with Crippen LogP contribution in [0, 0.1) is 11.6 Å². The number of carbonyl (C=O) groups is 1. The van der Waals surface area contributed by atoms with Gasteiger partial charge in [0.2, 0.25) is 5.78 Å². The molecule has 0 aliphatic rings. The second-order valence-corrected chi connectivity index (χ2v) is 4.40. The number of benzene rings is 2. The molecule has 0 amide bonds. The van der Waals surface area contributed by atoms with E-state index in [1.165, 1.54) is 25.3 Å². The molecule has 2 rings (SSSR count). The predicted molar refractivity (Wildman–Crippen MR) is 72.2 cm³/mol. The van der Waals surface area contributed by atoms with Crippen LogP contribution in [-0.2, 0) is 0 Å². The van der Waals surface area contributed by atoms with Crippen LogP contribution in [0.15, 0.2) is 30.3 Å². The molecule has 0 heterocycles. The molecule has 0 spiro atoms. The smallest absolute Gasteiger partial charge is 0.201 e. The first-order valence-corrected chi connectivity index (χ1v) is 5.95. The molecule has 0 bridgehead atoms. The normalized spacial score (nSPS) is 10.4. The van der Waals surface area contributed by atoms with Crippen molar-refractivity contribution < 1.29 is 18.3 Å². The molecule has 3 nitrogen and oxygen atoms in total. The number of carbonyl (C=O) groups excluding carboxylic acids is 1. The van der Waals surface area contributed by atoms with Crippen LogP contribution in [0.3, 0.4) is 0 Å². The second kappa shape index (κ2) is 5.46. The van der Waals surface area contributed by atoms with E-state index in [9.17, 15) is 13.6 Å². The third-order valence-corrected chi connectivity index (χ3v) is 3.11. The maximum Gasteiger partial charge on any atom is 0.201 e. The molecule has 0 saturated heterocycles. The lowest BCUT2D eigenvalue weighted by atomic mass is 10.0. The molecule has 6 heteroatoms. The van der Waals surface area contributed by atoms with Crippen molar-refractivity contribution in [3.8, 4) is 5.75 Å². The topological polar surface area (TPSA) is 52.3 Å². The highest BCUT2D eigenvalue weighted by atomic mass is 35.5. The maximum atomic E-state index is 13.9. The molecule has 20 heavy (non-hydrogen) atoms. The Morgan fingerprint density at radius 2 is 1.85 bits per heavy atom. The summed E-state index contributed by atoms with van der Waals surface area (Å²) < 4.78 is 32.4. The van der Waals surface area contributed by atoms with E-state index >= 15 is 0 Å². The number of methoxy groups -OCH3 is 1. The number of ketones is 1. The van der Waals surface area contributed by atoms with Gasteiger partial charge in [0.1, 0.15) is 17.4 Å². The van der Waals surface area contributed by atoms with Gasteiger partial charge in [-0.1, -0.05) is 17.7 Å². The molecule has 0 atom stereocenters. The summed E-state index contributed by atoms with van der Waals surface area (Å²) in [5, 5.41) is 0.144.